The van der Waals surface area contributed by atoms with Crippen molar-refractivity contribution >= 4 is 17.6 Å². The number of esters is 1. The second-order valence-corrected chi connectivity index (χ2v) is 4.79. The summed E-state index contributed by atoms with van der Waals surface area (Å²) in [6.07, 6.45) is 3.19. The molecule has 1 aromatic heterocycles. The van der Waals surface area contributed by atoms with Gasteiger partial charge in [0.25, 0.3) is 0 Å². The highest BCUT2D eigenvalue weighted by Crippen LogP contribution is 2.15. The van der Waals surface area contributed by atoms with Crippen LogP contribution in [0.1, 0.15) is 35.3 Å². The lowest BCUT2D eigenvalue weighted by molar-refractivity contribution is -0.0300. The van der Waals surface area contributed by atoms with Gasteiger partial charge in [0.2, 0.25) is 0 Å². The molecule has 1 unspecified atom stereocenters. The minimum absolute atomic E-state index is 0.0288. The van der Waals surface area contributed by atoms with E-state index in [1.807, 2.05) is 0 Å². The standard InChI is InChI=1S/C13H16ClNO3/c1-9-6-10(7-12(14)15-9)13(16)18-8-11-4-2-3-5-17-11/h6-7,11H,2-5,8H2,1H3. The fraction of sp³-hybridized carbons (Fsp3) is 0.538. The number of aromatic nitrogens is 1. The molecular weight excluding hydrogens is 254 g/mol. The van der Waals surface area contributed by atoms with Crippen molar-refractivity contribution in [1.82, 2.24) is 4.98 Å². The van der Waals surface area contributed by atoms with Crippen molar-refractivity contribution in [1.29, 1.82) is 0 Å². The van der Waals surface area contributed by atoms with Gasteiger partial charge in [-0.15, -0.1) is 0 Å². The van der Waals surface area contributed by atoms with Gasteiger partial charge in [-0.1, -0.05) is 11.6 Å². The predicted molar refractivity (Wildman–Crippen MR) is 67.9 cm³/mol. The number of hydrogen-bond donors (Lipinski definition) is 0. The Labute approximate surface area is 111 Å². The van der Waals surface area contributed by atoms with Crippen molar-refractivity contribution < 1.29 is 14.3 Å². The number of hydrogen-bond acceptors (Lipinski definition) is 4. The molecule has 1 aliphatic rings. The van der Waals surface area contributed by atoms with Crippen LogP contribution >= 0.6 is 11.6 Å². The third-order valence-corrected chi connectivity index (χ3v) is 3.03. The Morgan fingerprint density at radius 2 is 2.39 bits per heavy atom. The third-order valence-electron chi connectivity index (χ3n) is 2.83. The van der Waals surface area contributed by atoms with E-state index in [0.29, 0.717) is 23.0 Å². The summed E-state index contributed by atoms with van der Waals surface area (Å²) in [5.74, 6) is -0.378. The Morgan fingerprint density at radius 1 is 1.56 bits per heavy atom. The van der Waals surface area contributed by atoms with Crippen LogP contribution in [-0.4, -0.2) is 30.3 Å². The highest BCUT2D eigenvalue weighted by atomic mass is 35.5. The Kier molecular flexibility index (Phi) is 4.55. The van der Waals surface area contributed by atoms with Crippen LogP contribution in [0.3, 0.4) is 0 Å². The molecule has 0 N–H and O–H groups in total. The second kappa shape index (κ2) is 6.16. The summed E-state index contributed by atoms with van der Waals surface area (Å²) in [4.78, 5) is 15.8. The van der Waals surface area contributed by atoms with Crippen LogP contribution < -0.4 is 0 Å². The molecule has 0 bridgehead atoms. The molecular formula is C13H16ClNO3. The van der Waals surface area contributed by atoms with E-state index in [1.54, 1.807) is 13.0 Å². The van der Waals surface area contributed by atoms with Gasteiger partial charge in [0.15, 0.2) is 0 Å². The predicted octanol–water partition coefficient (Wildman–Crippen LogP) is 2.77. The maximum Gasteiger partial charge on any atom is 0.338 e. The van der Waals surface area contributed by atoms with Gasteiger partial charge < -0.3 is 9.47 Å². The molecule has 5 heteroatoms. The second-order valence-electron chi connectivity index (χ2n) is 4.41. The van der Waals surface area contributed by atoms with E-state index in [1.165, 1.54) is 6.07 Å². The summed E-state index contributed by atoms with van der Waals surface area (Å²) in [5, 5.41) is 0.302. The van der Waals surface area contributed by atoms with Crippen molar-refractivity contribution in [3.8, 4) is 0 Å². The maximum atomic E-state index is 11.8. The van der Waals surface area contributed by atoms with E-state index in [2.05, 4.69) is 4.98 Å². The Morgan fingerprint density at radius 3 is 3.06 bits per heavy atom. The lowest BCUT2D eigenvalue weighted by Crippen LogP contribution is -2.26. The number of ether oxygens (including phenoxy) is 2. The van der Waals surface area contributed by atoms with E-state index >= 15 is 0 Å². The lowest BCUT2D eigenvalue weighted by atomic mass is 10.1. The normalized spacial score (nSPS) is 19.6. The van der Waals surface area contributed by atoms with Gasteiger partial charge in [0.05, 0.1) is 11.7 Å². The van der Waals surface area contributed by atoms with Gasteiger partial charge >= 0.3 is 5.97 Å². The number of halogens is 1. The first-order valence-electron chi connectivity index (χ1n) is 6.08. The maximum absolute atomic E-state index is 11.8. The lowest BCUT2D eigenvalue weighted by Gasteiger charge is -2.22. The zero-order valence-corrected chi connectivity index (χ0v) is 11.1. The highest BCUT2D eigenvalue weighted by Gasteiger charge is 2.17. The topological polar surface area (TPSA) is 48.4 Å². The van der Waals surface area contributed by atoms with E-state index in [9.17, 15) is 4.79 Å². The largest absolute Gasteiger partial charge is 0.459 e. The van der Waals surface area contributed by atoms with Crippen LogP contribution in [0.4, 0.5) is 0 Å². The molecule has 98 valence electrons. The van der Waals surface area contributed by atoms with Crippen LogP contribution in [-0.2, 0) is 9.47 Å². The molecule has 1 fully saturated rings. The Hall–Kier alpha value is -1.13. The first kappa shape index (κ1) is 13.3. The monoisotopic (exact) mass is 269 g/mol. The highest BCUT2D eigenvalue weighted by molar-refractivity contribution is 6.29. The van der Waals surface area contributed by atoms with Gasteiger partial charge in [-0.05, 0) is 38.3 Å². The SMILES string of the molecule is Cc1cc(C(=O)OCC2CCCCO2)cc(Cl)n1. The number of carbonyl (C=O) groups is 1. The molecule has 18 heavy (non-hydrogen) atoms. The first-order chi connectivity index (χ1) is 8.65. The number of nitrogens with zero attached hydrogens (tertiary/aromatic N) is 1. The zero-order chi connectivity index (χ0) is 13.0. The summed E-state index contributed by atoms with van der Waals surface area (Å²) in [6, 6.07) is 3.18. The molecule has 0 saturated carbocycles. The third kappa shape index (κ3) is 3.68. The number of pyridine rings is 1. The summed E-state index contributed by atoms with van der Waals surface area (Å²) in [5.41, 5.74) is 1.13. The summed E-state index contributed by atoms with van der Waals surface area (Å²) < 4.78 is 10.7. The Balaban J connectivity index is 1.90. The van der Waals surface area contributed by atoms with Crippen molar-refractivity contribution in [2.45, 2.75) is 32.3 Å². The van der Waals surface area contributed by atoms with Crippen LogP contribution in [0.15, 0.2) is 12.1 Å². The summed E-state index contributed by atoms with van der Waals surface area (Å²) in [6.45, 7) is 2.84. The number of carbonyl (C=O) groups excluding carboxylic acids is 1. The number of rotatable bonds is 3. The molecule has 0 spiro atoms. The van der Waals surface area contributed by atoms with Gasteiger partial charge in [-0.2, -0.15) is 0 Å². The molecule has 0 amide bonds. The van der Waals surface area contributed by atoms with Crippen LogP contribution in [0, 0.1) is 6.92 Å². The molecule has 1 atom stereocenters. The minimum Gasteiger partial charge on any atom is -0.459 e. The van der Waals surface area contributed by atoms with Crippen LogP contribution in [0.5, 0.6) is 0 Å². The summed E-state index contributed by atoms with van der Waals surface area (Å²) in [7, 11) is 0. The molecule has 1 aromatic rings. The van der Waals surface area contributed by atoms with Crippen molar-refractivity contribution in [3.05, 3.63) is 28.5 Å². The number of aryl methyl sites for hydroxylation is 1. The van der Waals surface area contributed by atoms with Crippen molar-refractivity contribution in [2.75, 3.05) is 13.2 Å². The smallest absolute Gasteiger partial charge is 0.338 e. The molecule has 0 radical (unpaired) electrons. The van der Waals surface area contributed by atoms with Crippen LogP contribution in [0.2, 0.25) is 5.15 Å². The van der Waals surface area contributed by atoms with E-state index in [4.69, 9.17) is 21.1 Å². The fourth-order valence-corrected chi connectivity index (χ4v) is 2.19. The minimum atomic E-state index is -0.378. The molecule has 0 aromatic carbocycles. The van der Waals surface area contributed by atoms with E-state index in [-0.39, 0.29) is 12.1 Å². The molecule has 2 rings (SSSR count). The quantitative estimate of drug-likeness (QED) is 0.625. The fourth-order valence-electron chi connectivity index (χ4n) is 1.94. The van der Waals surface area contributed by atoms with Crippen molar-refractivity contribution in [2.24, 2.45) is 0 Å². The molecule has 1 saturated heterocycles. The average Bonchev–Trinajstić information content (AvgIpc) is 2.36. The first-order valence-corrected chi connectivity index (χ1v) is 6.46. The molecule has 2 heterocycles. The average molecular weight is 270 g/mol. The molecule has 0 aliphatic carbocycles. The van der Waals surface area contributed by atoms with E-state index in [0.717, 1.165) is 25.9 Å². The molecule has 4 nitrogen and oxygen atoms in total. The van der Waals surface area contributed by atoms with Gasteiger partial charge in [-0.3, -0.25) is 0 Å². The summed E-state index contributed by atoms with van der Waals surface area (Å²) >= 11 is 5.80. The van der Waals surface area contributed by atoms with Gasteiger partial charge in [0.1, 0.15) is 11.8 Å². The van der Waals surface area contributed by atoms with Gasteiger partial charge in [0, 0.05) is 12.3 Å². The zero-order valence-electron chi connectivity index (χ0n) is 10.3. The van der Waals surface area contributed by atoms with Crippen LogP contribution in [0.25, 0.3) is 0 Å². The van der Waals surface area contributed by atoms with E-state index < -0.39 is 0 Å². The molecule has 1 aliphatic heterocycles. The van der Waals surface area contributed by atoms with Crippen molar-refractivity contribution in [3.63, 3.8) is 0 Å². The van der Waals surface area contributed by atoms with Gasteiger partial charge in [-0.25, -0.2) is 9.78 Å². The Bertz CT molecular complexity index is 410.